The maximum absolute atomic E-state index is 12.8. The van der Waals surface area contributed by atoms with E-state index in [2.05, 4.69) is 5.32 Å². The highest BCUT2D eigenvalue weighted by Crippen LogP contribution is 2.24. The van der Waals surface area contributed by atoms with Crippen LogP contribution >= 0.6 is 11.6 Å². The van der Waals surface area contributed by atoms with Crippen LogP contribution in [0.2, 0.25) is 5.02 Å². The summed E-state index contributed by atoms with van der Waals surface area (Å²) in [4.78, 5) is 12.6. The first kappa shape index (κ1) is 19.9. The highest BCUT2D eigenvalue weighted by molar-refractivity contribution is 7.92. The molecule has 0 fully saturated rings. The molecule has 3 aromatic rings. The molecule has 28 heavy (non-hydrogen) atoms. The molecule has 0 saturated carbocycles. The average molecular weight is 415 g/mol. The van der Waals surface area contributed by atoms with Gasteiger partial charge in [-0.15, -0.1) is 0 Å². The molecule has 0 unspecified atom stereocenters. The van der Waals surface area contributed by atoms with Crippen molar-refractivity contribution < 1.29 is 13.2 Å². The van der Waals surface area contributed by atoms with Gasteiger partial charge in [-0.2, -0.15) is 0 Å². The molecule has 0 aliphatic rings. The van der Waals surface area contributed by atoms with Gasteiger partial charge in [-0.1, -0.05) is 35.9 Å². The Morgan fingerprint density at radius 2 is 1.57 bits per heavy atom. The lowest BCUT2D eigenvalue weighted by atomic mass is 10.1. The van der Waals surface area contributed by atoms with Crippen molar-refractivity contribution in [3.05, 3.63) is 88.9 Å². The Balaban J connectivity index is 1.81. The Bertz CT molecular complexity index is 1100. The highest BCUT2D eigenvalue weighted by atomic mass is 35.5. The minimum Gasteiger partial charge on any atom is -0.322 e. The van der Waals surface area contributed by atoms with E-state index in [1.165, 1.54) is 35.6 Å². The molecule has 144 valence electrons. The monoisotopic (exact) mass is 414 g/mol. The van der Waals surface area contributed by atoms with E-state index in [-0.39, 0.29) is 10.8 Å². The van der Waals surface area contributed by atoms with Gasteiger partial charge >= 0.3 is 0 Å². The Morgan fingerprint density at radius 1 is 0.929 bits per heavy atom. The maximum Gasteiger partial charge on any atom is 0.264 e. The Hall–Kier alpha value is -2.83. The van der Waals surface area contributed by atoms with E-state index in [0.29, 0.717) is 22.0 Å². The molecular formula is C21H19ClN2O3S. The molecule has 0 spiro atoms. The summed E-state index contributed by atoms with van der Waals surface area (Å²) < 4.78 is 26.8. The van der Waals surface area contributed by atoms with Crippen LogP contribution in [0.25, 0.3) is 0 Å². The molecule has 0 aliphatic heterocycles. The standard InChI is InChI=1S/C21H19ClN2O3S/c1-15-19(22)9-6-10-20(15)23-21(25)16-11-13-18(14-12-16)28(26,27)24(2)17-7-4-3-5-8-17/h3-14H,1-2H3,(H,23,25). The average Bonchev–Trinajstić information content (AvgIpc) is 2.71. The molecular weight excluding hydrogens is 396 g/mol. The van der Waals surface area contributed by atoms with Crippen molar-refractivity contribution in [1.82, 2.24) is 0 Å². The lowest BCUT2D eigenvalue weighted by molar-refractivity contribution is 0.102. The number of rotatable bonds is 5. The van der Waals surface area contributed by atoms with Crippen LogP contribution in [0.3, 0.4) is 0 Å². The molecule has 1 amide bonds. The third-order valence-corrected chi connectivity index (χ3v) is 6.62. The Labute approximate surface area is 169 Å². The summed E-state index contributed by atoms with van der Waals surface area (Å²) in [7, 11) is -2.23. The summed E-state index contributed by atoms with van der Waals surface area (Å²) >= 11 is 6.07. The first-order valence-corrected chi connectivity index (χ1v) is 10.3. The summed E-state index contributed by atoms with van der Waals surface area (Å²) in [6.45, 7) is 1.81. The number of benzene rings is 3. The van der Waals surface area contributed by atoms with Crippen molar-refractivity contribution in [2.45, 2.75) is 11.8 Å². The number of hydrogen-bond acceptors (Lipinski definition) is 3. The van der Waals surface area contributed by atoms with Crippen LogP contribution in [0.4, 0.5) is 11.4 Å². The molecule has 1 N–H and O–H groups in total. The number of nitrogens with one attached hydrogen (secondary N) is 1. The van der Waals surface area contributed by atoms with Gasteiger partial charge in [-0.05, 0) is 61.0 Å². The summed E-state index contributed by atoms with van der Waals surface area (Å²) in [5.74, 6) is -0.342. The molecule has 0 aromatic heterocycles. The minimum atomic E-state index is -3.72. The fourth-order valence-corrected chi connectivity index (χ4v) is 4.02. The first-order valence-electron chi connectivity index (χ1n) is 8.51. The van der Waals surface area contributed by atoms with Crippen molar-refractivity contribution in [3.8, 4) is 0 Å². The molecule has 0 saturated heterocycles. The number of carbonyl (C=O) groups excluding carboxylic acids is 1. The van der Waals surface area contributed by atoms with Crippen LogP contribution in [-0.2, 0) is 10.0 Å². The topological polar surface area (TPSA) is 66.5 Å². The fraction of sp³-hybridized carbons (Fsp3) is 0.0952. The molecule has 0 radical (unpaired) electrons. The fourth-order valence-electron chi connectivity index (χ4n) is 2.65. The number of para-hydroxylation sites is 1. The smallest absolute Gasteiger partial charge is 0.264 e. The van der Waals surface area contributed by atoms with Gasteiger partial charge < -0.3 is 5.32 Å². The lowest BCUT2D eigenvalue weighted by Gasteiger charge is -2.19. The second-order valence-electron chi connectivity index (χ2n) is 6.20. The SMILES string of the molecule is Cc1c(Cl)cccc1NC(=O)c1ccc(S(=O)(=O)N(C)c2ccccc2)cc1. The van der Waals surface area contributed by atoms with Gasteiger partial charge in [0.25, 0.3) is 15.9 Å². The predicted molar refractivity (Wildman–Crippen MR) is 113 cm³/mol. The van der Waals surface area contributed by atoms with Gasteiger partial charge in [-0.25, -0.2) is 8.42 Å². The van der Waals surface area contributed by atoms with Gasteiger partial charge in [0.15, 0.2) is 0 Å². The zero-order valence-electron chi connectivity index (χ0n) is 15.4. The number of sulfonamides is 1. The van der Waals surface area contributed by atoms with Crippen molar-refractivity contribution in [2.75, 3.05) is 16.7 Å². The van der Waals surface area contributed by atoms with Gasteiger partial charge in [0, 0.05) is 23.3 Å². The Kier molecular flexibility index (Phi) is 5.72. The summed E-state index contributed by atoms with van der Waals surface area (Å²) in [6.07, 6.45) is 0. The van der Waals surface area contributed by atoms with E-state index in [1.54, 1.807) is 42.5 Å². The van der Waals surface area contributed by atoms with Crippen LogP contribution in [0.1, 0.15) is 15.9 Å². The van der Waals surface area contributed by atoms with Crippen molar-refractivity contribution in [2.24, 2.45) is 0 Å². The van der Waals surface area contributed by atoms with Crippen molar-refractivity contribution >= 4 is 38.9 Å². The number of carbonyl (C=O) groups is 1. The summed E-state index contributed by atoms with van der Waals surface area (Å²) in [6, 6.07) is 19.9. The molecule has 5 nitrogen and oxygen atoms in total. The Morgan fingerprint density at radius 3 is 2.21 bits per heavy atom. The highest BCUT2D eigenvalue weighted by Gasteiger charge is 2.21. The van der Waals surface area contributed by atoms with Gasteiger partial charge in [0.05, 0.1) is 10.6 Å². The molecule has 0 aliphatic carbocycles. The van der Waals surface area contributed by atoms with Crippen LogP contribution in [0, 0.1) is 6.92 Å². The molecule has 7 heteroatoms. The van der Waals surface area contributed by atoms with Crippen LogP contribution in [-0.4, -0.2) is 21.4 Å². The maximum atomic E-state index is 12.8. The number of anilines is 2. The van der Waals surface area contributed by atoms with E-state index in [4.69, 9.17) is 11.6 Å². The number of nitrogens with zero attached hydrogens (tertiary/aromatic N) is 1. The molecule has 3 rings (SSSR count). The van der Waals surface area contributed by atoms with Gasteiger partial charge in [0.2, 0.25) is 0 Å². The molecule has 0 bridgehead atoms. The van der Waals surface area contributed by atoms with Crippen LogP contribution < -0.4 is 9.62 Å². The lowest BCUT2D eigenvalue weighted by Crippen LogP contribution is -2.26. The first-order chi connectivity index (χ1) is 13.3. The third kappa shape index (κ3) is 4.03. The minimum absolute atomic E-state index is 0.106. The largest absolute Gasteiger partial charge is 0.322 e. The number of hydrogen-bond donors (Lipinski definition) is 1. The van der Waals surface area contributed by atoms with E-state index < -0.39 is 10.0 Å². The zero-order chi connectivity index (χ0) is 20.3. The second kappa shape index (κ2) is 8.04. The summed E-state index contributed by atoms with van der Waals surface area (Å²) in [5.41, 5.74) is 2.28. The van der Waals surface area contributed by atoms with E-state index in [0.717, 1.165) is 5.56 Å². The van der Waals surface area contributed by atoms with Crippen molar-refractivity contribution in [1.29, 1.82) is 0 Å². The van der Waals surface area contributed by atoms with Crippen LogP contribution in [0.15, 0.2) is 77.7 Å². The molecule has 0 heterocycles. The van der Waals surface area contributed by atoms with Gasteiger partial charge in [-0.3, -0.25) is 9.10 Å². The van der Waals surface area contributed by atoms with E-state index in [9.17, 15) is 13.2 Å². The van der Waals surface area contributed by atoms with E-state index >= 15 is 0 Å². The molecule has 0 atom stereocenters. The quantitative estimate of drug-likeness (QED) is 0.656. The van der Waals surface area contributed by atoms with Gasteiger partial charge in [0.1, 0.15) is 0 Å². The predicted octanol–water partition coefficient (Wildman–Crippen LogP) is 4.73. The van der Waals surface area contributed by atoms with Crippen LogP contribution in [0.5, 0.6) is 0 Å². The third-order valence-electron chi connectivity index (χ3n) is 4.41. The van der Waals surface area contributed by atoms with E-state index in [1.807, 2.05) is 13.0 Å². The zero-order valence-corrected chi connectivity index (χ0v) is 17.0. The number of halogens is 1. The van der Waals surface area contributed by atoms with Crippen molar-refractivity contribution in [3.63, 3.8) is 0 Å². The second-order valence-corrected chi connectivity index (χ2v) is 8.58. The normalized spacial score (nSPS) is 11.1. The summed E-state index contributed by atoms with van der Waals surface area (Å²) in [5, 5.41) is 3.35. The molecule has 3 aromatic carbocycles. The number of amides is 1.